The van der Waals surface area contributed by atoms with Crippen LogP contribution in [0.5, 0.6) is 0 Å². The monoisotopic (exact) mass is 228 g/mol. The summed E-state index contributed by atoms with van der Waals surface area (Å²) in [5, 5.41) is 0. The summed E-state index contributed by atoms with van der Waals surface area (Å²) in [6, 6.07) is 0. The van der Waals surface area contributed by atoms with Crippen LogP contribution in [0.15, 0.2) is 0 Å². The lowest BCUT2D eigenvalue weighted by atomic mass is 10.0. The maximum atomic E-state index is 10.8. The van der Waals surface area contributed by atoms with Gasteiger partial charge < -0.3 is 14.3 Å². The Kier molecular flexibility index (Phi) is 6.65. The number of carbonyl (C=O) groups excluding carboxylic acids is 1. The van der Waals surface area contributed by atoms with Crippen LogP contribution in [0.2, 0.25) is 0 Å². The van der Waals surface area contributed by atoms with Gasteiger partial charge in [-0.1, -0.05) is 6.92 Å². The number of hydrogen-bond acceptors (Lipinski definition) is 3. The molecule has 16 heavy (non-hydrogen) atoms. The largest absolute Gasteiger partial charge is 0.353 e. The van der Waals surface area contributed by atoms with Crippen LogP contribution in [0.25, 0.3) is 0 Å². The number of Topliss-reactive ketones (excluding diaryl/α,β-unsaturated/α-hetero) is 1. The number of ether oxygens (including phenoxy) is 2. The third-order valence-corrected chi connectivity index (χ3v) is 2.93. The second-order valence-corrected chi connectivity index (χ2v) is 4.83. The van der Waals surface area contributed by atoms with E-state index in [-0.39, 0.29) is 12.1 Å². The third-order valence-electron chi connectivity index (χ3n) is 2.93. The van der Waals surface area contributed by atoms with Crippen molar-refractivity contribution >= 4 is 5.78 Å². The maximum absolute atomic E-state index is 10.8. The van der Waals surface area contributed by atoms with Crippen LogP contribution in [0.4, 0.5) is 0 Å². The predicted octanol–water partition coefficient (Wildman–Crippen LogP) is 2.93. The van der Waals surface area contributed by atoms with Gasteiger partial charge in [0.1, 0.15) is 5.78 Å². The van der Waals surface area contributed by atoms with Crippen molar-refractivity contribution in [2.45, 2.75) is 58.7 Å². The molecule has 3 nitrogen and oxygen atoms in total. The summed E-state index contributed by atoms with van der Waals surface area (Å²) in [4.78, 5) is 10.8. The van der Waals surface area contributed by atoms with Crippen molar-refractivity contribution in [3.63, 3.8) is 0 Å². The van der Waals surface area contributed by atoms with Crippen molar-refractivity contribution in [1.29, 1.82) is 0 Å². The molecule has 1 aliphatic heterocycles. The van der Waals surface area contributed by atoms with E-state index in [1.165, 1.54) is 6.42 Å². The molecule has 0 aromatic carbocycles. The minimum absolute atomic E-state index is 0.0176. The summed E-state index contributed by atoms with van der Waals surface area (Å²) in [5.41, 5.74) is 0. The lowest BCUT2D eigenvalue weighted by Gasteiger charge is -2.24. The minimum Gasteiger partial charge on any atom is -0.353 e. The molecule has 2 atom stereocenters. The van der Waals surface area contributed by atoms with Crippen molar-refractivity contribution in [1.82, 2.24) is 0 Å². The Hall–Kier alpha value is -0.410. The van der Waals surface area contributed by atoms with Crippen molar-refractivity contribution in [2.75, 3.05) is 13.2 Å². The molecule has 0 spiro atoms. The highest BCUT2D eigenvalue weighted by Gasteiger charge is 2.15. The van der Waals surface area contributed by atoms with Gasteiger partial charge in [-0.2, -0.15) is 0 Å². The third kappa shape index (κ3) is 6.23. The molecule has 94 valence electrons. The van der Waals surface area contributed by atoms with E-state index < -0.39 is 0 Å². The van der Waals surface area contributed by atoms with E-state index in [0.29, 0.717) is 12.3 Å². The number of rotatable bonds is 7. The fraction of sp³-hybridized carbons (Fsp3) is 0.923. The lowest BCUT2D eigenvalue weighted by molar-refractivity contribution is -0.168. The molecule has 0 aliphatic carbocycles. The predicted molar refractivity (Wildman–Crippen MR) is 63.2 cm³/mol. The molecule has 0 radical (unpaired) electrons. The number of carbonyl (C=O) groups is 1. The first-order valence-corrected chi connectivity index (χ1v) is 6.41. The van der Waals surface area contributed by atoms with Gasteiger partial charge in [-0.15, -0.1) is 0 Å². The molecule has 0 aromatic heterocycles. The van der Waals surface area contributed by atoms with Gasteiger partial charge in [0.2, 0.25) is 0 Å². The van der Waals surface area contributed by atoms with Crippen LogP contribution in [0.3, 0.4) is 0 Å². The van der Waals surface area contributed by atoms with Crippen molar-refractivity contribution in [3.05, 3.63) is 0 Å². The topological polar surface area (TPSA) is 35.5 Å². The standard InChI is InChI=1S/C13H24O3/c1-11(6-5-7-12(2)14)10-16-13-8-3-4-9-15-13/h11,13H,3-10H2,1-2H3/t11-,13-/m1/s1. The zero-order valence-electron chi connectivity index (χ0n) is 10.5. The molecule has 1 fully saturated rings. The van der Waals surface area contributed by atoms with Crippen LogP contribution < -0.4 is 0 Å². The fourth-order valence-electron chi connectivity index (χ4n) is 1.90. The molecule has 3 heteroatoms. The van der Waals surface area contributed by atoms with E-state index in [9.17, 15) is 4.79 Å². The van der Waals surface area contributed by atoms with Gasteiger partial charge in [0.15, 0.2) is 6.29 Å². The summed E-state index contributed by atoms with van der Waals surface area (Å²) in [6.07, 6.45) is 6.16. The summed E-state index contributed by atoms with van der Waals surface area (Å²) in [6.45, 7) is 5.41. The maximum Gasteiger partial charge on any atom is 0.157 e. The van der Waals surface area contributed by atoms with Crippen LogP contribution in [-0.2, 0) is 14.3 Å². The molecule has 0 unspecified atom stereocenters. The van der Waals surface area contributed by atoms with Crippen molar-refractivity contribution in [2.24, 2.45) is 5.92 Å². The SMILES string of the molecule is CC(=O)CCC[C@@H](C)CO[C@@H]1CCCCO1. The normalized spacial score (nSPS) is 23.0. The van der Waals surface area contributed by atoms with Crippen LogP contribution in [0, 0.1) is 5.92 Å². The van der Waals surface area contributed by atoms with Gasteiger partial charge in [-0.3, -0.25) is 0 Å². The first-order chi connectivity index (χ1) is 7.68. The summed E-state index contributed by atoms with van der Waals surface area (Å²) in [5.74, 6) is 0.800. The Balaban J connectivity index is 2.00. The van der Waals surface area contributed by atoms with Gasteiger partial charge in [0, 0.05) is 13.0 Å². The lowest BCUT2D eigenvalue weighted by Crippen LogP contribution is -2.24. The van der Waals surface area contributed by atoms with Gasteiger partial charge >= 0.3 is 0 Å². The second kappa shape index (κ2) is 7.80. The van der Waals surface area contributed by atoms with Crippen molar-refractivity contribution < 1.29 is 14.3 Å². The first kappa shape index (κ1) is 13.7. The first-order valence-electron chi connectivity index (χ1n) is 6.41. The van der Waals surface area contributed by atoms with E-state index in [1.54, 1.807) is 6.92 Å². The van der Waals surface area contributed by atoms with E-state index >= 15 is 0 Å². The molecule has 0 bridgehead atoms. The molecular formula is C13H24O3. The Morgan fingerprint density at radius 1 is 1.50 bits per heavy atom. The summed E-state index contributed by atoms with van der Waals surface area (Å²) >= 11 is 0. The highest BCUT2D eigenvalue weighted by Crippen LogP contribution is 2.16. The van der Waals surface area contributed by atoms with E-state index in [4.69, 9.17) is 9.47 Å². The molecule has 1 aliphatic rings. The molecule has 1 rings (SSSR count). The van der Waals surface area contributed by atoms with Gasteiger partial charge in [-0.25, -0.2) is 0 Å². The van der Waals surface area contributed by atoms with E-state index in [2.05, 4.69) is 6.92 Å². The van der Waals surface area contributed by atoms with Crippen molar-refractivity contribution in [3.8, 4) is 0 Å². The Labute approximate surface area is 98.5 Å². The van der Waals surface area contributed by atoms with Gasteiger partial charge in [0.05, 0.1) is 6.61 Å². The minimum atomic E-state index is 0.0176. The average molecular weight is 228 g/mol. The molecule has 0 amide bonds. The van der Waals surface area contributed by atoms with Gasteiger partial charge in [0.25, 0.3) is 0 Å². The second-order valence-electron chi connectivity index (χ2n) is 4.83. The smallest absolute Gasteiger partial charge is 0.157 e. The number of ketones is 1. The molecule has 1 saturated heterocycles. The molecule has 0 saturated carbocycles. The van der Waals surface area contributed by atoms with Crippen LogP contribution >= 0.6 is 0 Å². The van der Waals surface area contributed by atoms with Crippen LogP contribution in [0.1, 0.15) is 52.4 Å². The molecule has 1 heterocycles. The highest BCUT2D eigenvalue weighted by atomic mass is 16.7. The number of hydrogen-bond donors (Lipinski definition) is 0. The zero-order chi connectivity index (χ0) is 11.8. The summed E-state index contributed by atoms with van der Waals surface area (Å²) in [7, 11) is 0. The van der Waals surface area contributed by atoms with E-state index in [0.717, 1.165) is 38.9 Å². The molecular weight excluding hydrogens is 204 g/mol. The molecule has 0 N–H and O–H groups in total. The van der Waals surface area contributed by atoms with Gasteiger partial charge in [-0.05, 0) is 44.9 Å². The Morgan fingerprint density at radius 3 is 2.94 bits per heavy atom. The fourth-order valence-corrected chi connectivity index (χ4v) is 1.90. The average Bonchev–Trinajstić information content (AvgIpc) is 2.27. The Bertz CT molecular complexity index is 197. The Morgan fingerprint density at radius 2 is 2.31 bits per heavy atom. The summed E-state index contributed by atoms with van der Waals surface area (Å²) < 4.78 is 11.2. The zero-order valence-corrected chi connectivity index (χ0v) is 10.5. The highest BCUT2D eigenvalue weighted by molar-refractivity contribution is 5.75. The van der Waals surface area contributed by atoms with E-state index in [1.807, 2.05) is 0 Å². The van der Waals surface area contributed by atoms with Crippen LogP contribution in [-0.4, -0.2) is 25.3 Å². The molecule has 0 aromatic rings. The quantitative estimate of drug-likeness (QED) is 0.672.